The van der Waals surface area contributed by atoms with Gasteiger partial charge in [0.1, 0.15) is 12.2 Å². The van der Waals surface area contributed by atoms with E-state index in [-0.39, 0.29) is 24.1 Å². The van der Waals surface area contributed by atoms with Crippen LogP contribution in [0.3, 0.4) is 0 Å². The number of fused-ring (bicyclic) bond motifs is 10. The van der Waals surface area contributed by atoms with Gasteiger partial charge in [-0.2, -0.15) is 0 Å². The van der Waals surface area contributed by atoms with Crippen molar-refractivity contribution in [2.45, 2.75) is 287 Å². The molecule has 398 valence electrons. The third kappa shape index (κ3) is 11.8. The van der Waals surface area contributed by atoms with E-state index in [1.54, 1.807) is 11.1 Å². The van der Waals surface area contributed by atoms with Crippen LogP contribution in [0.5, 0.6) is 0 Å². The molecule has 0 spiro atoms. The van der Waals surface area contributed by atoms with Crippen molar-refractivity contribution in [3.63, 3.8) is 0 Å². The van der Waals surface area contributed by atoms with Crippen LogP contribution >= 0.6 is 0 Å². The van der Waals surface area contributed by atoms with Crippen molar-refractivity contribution in [3.8, 4) is 0 Å². The zero-order chi connectivity index (χ0) is 49.8. The van der Waals surface area contributed by atoms with E-state index in [0.717, 1.165) is 122 Å². The number of unbranched alkanes of at least 4 members (excludes halogenated alkanes) is 7. The summed E-state index contributed by atoms with van der Waals surface area (Å²) < 4.78 is 12.4. The summed E-state index contributed by atoms with van der Waals surface area (Å²) in [6.45, 7) is 25.3. The van der Waals surface area contributed by atoms with Gasteiger partial charge in [-0.05, 0) is 195 Å². The summed E-state index contributed by atoms with van der Waals surface area (Å²) in [5.74, 6) is 10.4. The van der Waals surface area contributed by atoms with Gasteiger partial charge in [-0.3, -0.25) is 9.59 Å². The molecule has 16 atom stereocenters. The van der Waals surface area contributed by atoms with E-state index in [0.29, 0.717) is 34.5 Å². The van der Waals surface area contributed by atoms with Crippen LogP contribution in [0.2, 0.25) is 0 Å². The van der Waals surface area contributed by atoms with Crippen LogP contribution in [-0.4, -0.2) is 24.1 Å². The third-order valence-electron chi connectivity index (χ3n) is 23.6. The zero-order valence-electron chi connectivity index (χ0n) is 47.5. The lowest BCUT2D eigenvalue weighted by Gasteiger charge is -2.58. The van der Waals surface area contributed by atoms with Crippen molar-refractivity contribution in [1.29, 1.82) is 0 Å². The minimum atomic E-state index is 0.0284. The Hall–Kier alpha value is -1.58. The van der Waals surface area contributed by atoms with Gasteiger partial charge in [0.05, 0.1) is 0 Å². The van der Waals surface area contributed by atoms with Crippen LogP contribution in [0.15, 0.2) is 23.3 Å². The van der Waals surface area contributed by atoms with Crippen LogP contribution < -0.4 is 0 Å². The summed E-state index contributed by atoms with van der Waals surface area (Å²) in [6, 6.07) is 0. The van der Waals surface area contributed by atoms with Gasteiger partial charge in [-0.1, -0.05) is 170 Å². The van der Waals surface area contributed by atoms with Crippen molar-refractivity contribution in [3.05, 3.63) is 23.3 Å². The molecular weight excluding hydrogens is 857 g/mol. The Balaban J connectivity index is 0.665. The number of allylic oxidation sites excluding steroid dienone is 2. The molecule has 0 unspecified atom stereocenters. The first-order chi connectivity index (χ1) is 33.5. The first-order valence-electron chi connectivity index (χ1n) is 31.2. The summed E-state index contributed by atoms with van der Waals surface area (Å²) in [6.07, 6.45) is 44.2. The molecule has 0 bridgehead atoms. The Kier molecular flexibility index (Phi) is 18.4. The highest BCUT2D eigenvalue weighted by molar-refractivity contribution is 5.70. The van der Waals surface area contributed by atoms with Gasteiger partial charge in [0.15, 0.2) is 0 Å². The minimum Gasteiger partial charge on any atom is -0.462 e. The van der Waals surface area contributed by atoms with Crippen molar-refractivity contribution in [1.82, 2.24) is 0 Å². The first kappa shape index (κ1) is 54.7. The number of carbonyl (C=O) groups excluding carboxylic acids is 2. The van der Waals surface area contributed by atoms with E-state index < -0.39 is 0 Å². The number of hydrogen-bond donors (Lipinski definition) is 0. The average Bonchev–Trinajstić information content (AvgIpc) is 3.86. The maximum absolute atomic E-state index is 13.1. The fourth-order valence-corrected chi connectivity index (χ4v) is 19.6. The Morgan fingerprint density at radius 1 is 0.471 bits per heavy atom. The molecule has 0 heterocycles. The highest BCUT2D eigenvalue weighted by Crippen LogP contribution is 2.69. The number of carbonyl (C=O) groups is 2. The van der Waals surface area contributed by atoms with Crippen LogP contribution in [0, 0.1) is 92.7 Å². The molecule has 4 heteroatoms. The second-order valence-corrected chi connectivity index (χ2v) is 28.6. The lowest BCUT2D eigenvalue weighted by Crippen LogP contribution is -2.51. The number of ether oxygens (including phenoxy) is 2. The smallest absolute Gasteiger partial charge is 0.306 e. The maximum atomic E-state index is 13.1. The first-order valence-corrected chi connectivity index (χ1v) is 31.2. The Morgan fingerprint density at radius 2 is 0.857 bits per heavy atom. The van der Waals surface area contributed by atoms with Crippen LogP contribution in [0.4, 0.5) is 0 Å². The molecule has 0 saturated heterocycles. The van der Waals surface area contributed by atoms with Crippen molar-refractivity contribution < 1.29 is 19.1 Å². The highest BCUT2D eigenvalue weighted by Gasteiger charge is 2.61. The molecule has 8 aliphatic rings. The average molecular weight is 968 g/mol. The monoisotopic (exact) mass is 967 g/mol. The summed E-state index contributed by atoms with van der Waals surface area (Å²) in [7, 11) is 0. The van der Waals surface area contributed by atoms with Gasteiger partial charge >= 0.3 is 11.9 Å². The topological polar surface area (TPSA) is 52.6 Å². The van der Waals surface area contributed by atoms with E-state index in [1.807, 2.05) is 0 Å². The maximum Gasteiger partial charge on any atom is 0.306 e. The summed E-state index contributed by atoms with van der Waals surface area (Å²) >= 11 is 0. The Labute approximate surface area is 432 Å². The van der Waals surface area contributed by atoms with E-state index in [2.05, 4.69) is 81.4 Å². The number of rotatable bonds is 23. The van der Waals surface area contributed by atoms with E-state index in [4.69, 9.17) is 9.47 Å². The zero-order valence-corrected chi connectivity index (χ0v) is 47.5. The van der Waals surface area contributed by atoms with Gasteiger partial charge in [0.25, 0.3) is 0 Å². The van der Waals surface area contributed by atoms with Gasteiger partial charge in [-0.15, -0.1) is 0 Å². The molecule has 6 saturated carbocycles. The lowest BCUT2D eigenvalue weighted by molar-refractivity contribution is -0.152. The molecule has 6 fully saturated rings. The molecule has 0 aromatic heterocycles. The molecule has 4 nitrogen and oxygen atoms in total. The van der Waals surface area contributed by atoms with Gasteiger partial charge < -0.3 is 9.47 Å². The fourth-order valence-electron chi connectivity index (χ4n) is 19.6. The molecule has 0 N–H and O–H groups in total. The van der Waals surface area contributed by atoms with E-state index in [9.17, 15) is 9.59 Å². The van der Waals surface area contributed by atoms with Crippen LogP contribution in [0.1, 0.15) is 275 Å². The Bertz CT molecular complexity index is 1660. The molecule has 8 aliphatic carbocycles. The van der Waals surface area contributed by atoms with E-state index >= 15 is 0 Å². The van der Waals surface area contributed by atoms with Gasteiger partial charge in [-0.25, -0.2) is 0 Å². The van der Waals surface area contributed by atoms with Crippen molar-refractivity contribution >= 4 is 11.9 Å². The normalized spacial score (nSPS) is 39.7. The summed E-state index contributed by atoms with van der Waals surface area (Å²) in [4.78, 5) is 26.1. The summed E-state index contributed by atoms with van der Waals surface area (Å²) in [5.41, 5.74) is 4.92. The predicted octanol–water partition coefficient (Wildman–Crippen LogP) is 18.8. The standard InChI is InChI=1S/C66H110O4/c1-45(2)21-19-23-47(5)55-31-33-57-53-29-27-49-43-51(35-39-63(49,7)59(53)37-41-65(55,57)9)69-61(67)25-17-15-13-11-12-14-16-18-26-62(68)70-52-36-40-64(8)50(44-52)28-30-54-58-34-32-56(48(6)24-20-22-46(3)4)66(58,10)42-38-60(54)64/h27-28,45-48,51-60H,11-26,29-44H2,1-10H3/t47-,48-,51+,52+,53+,54+,55-,56-,57+,58+,59+,60+,63+,64+,65-,66-/m1/s1. The largest absolute Gasteiger partial charge is 0.462 e. The van der Waals surface area contributed by atoms with E-state index in [1.165, 1.54) is 141 Å². The molecule has 0 radical (unpaired) electrons. The summed E-state index contributed by atoms with van der Waals surface area (Å²) in [5, 5.41) is 0. The molecular formula is C66H110O4. The SMILES string of the molecule is CC(C)CCC[C@@H](C)[C@H]1CC[C@H]2[C@@H]3CC=C4C[C@@H](OC(=O)CCCCCCCCCCC(=O)O[C@H]5CC[C@@]6(C)C(=CC[C@H]7[C@@H]8CC[C@H]([C@H](C)CCCC(C)C)[C@@]8(C)CC[C@@H]76)C5)CC[C@]4(C)[C@H]3CC[C@]12C. The molecule has 8 rings (SSSR count). The van der Waals surface area contributed by atoms with Crippen molar-refractivity contribution in [2.24, 2.45) is 92.7 Å². The van der Waals surface area contributed by atoms with Crippen molar-refractivity contribution in [2.75, 3.05) is 0 Å². The number of esters is 2. The second kappa shape index (κ2) is 23.5. The van der Waals surface area contributed by atoms with Crippen LogP contribution in [0.25, 0.3) is 0 Å². The van der Waals surface area contributed by atoms with Gasteiger partial charge in [0, 0.05) is 25.7 Å². The number of hydrogen-bond acceptors (Lipinski definition) is 4. The molecule has 70 heavy (non-hydrogen) atoms. The minimum absolute atomic E-state index is 0.0284. The third-order valence-corrected chi connectivity index (χ3v) is 23.6. The molecule has 0 aliphatic heterocycles. The Morgan fingerprint density at radius 3 is 1.24 bits per heavy atom. The van der Waals surface area contributed by atoms with Crippen LogP contribution in [-0.2, 0) is 19.1 Å². The highest BCUT2D eigenvalue weighted by atomic mass is 16.5. The molecule has 0 aromatic rings. The fraction of sp³-hybridized carbons (Fsp3) is 0.909. The predicted molar refractivity (Wildman–Crippen MR) is 292 cm³/mol. The molecule has 0 amide bonds. The quantitative estimate of drug-likeness (QED) is 0.0582. The molecule has 0 aromatic carbocycles. The van der Waals surface area contributed by atoms with Gasteiger partial charge in [0.2, 0.25) is 0 Å². The second-order valence-electron chi connectivity index (χ2n) is 28.6. The lowest BCUT2D eigenvalue weighted by atomic mass is 9.47.